The van der Waals surface area contributed by atoms with Gasteiger partial charge in [0.25, 0.3) is 5.69 Å². The number of nitrogens with one attached hydrogen (secondary N) is 1. The maximum Gasteiger partial charge on any atom is 0.269 e. The maximum atomic E-state index is 10.7. The smallest absolute Gasteiger partial charge is 0.269 e. The fourth-order valence-corrected chi connectivity index (χ4v) is 2.13. The van der Waals surface area contributed by atoms with Crippen LogP contribution in [0.15, 0.2) is 36.4 Å². The predicted molar refractivity (Wildman–Crippen MR) is 84.7 cm³/mol. The summed E-state index contributed by atoms with van der Waals surface area (Å²) in [6.07, 6.45) is 0. The average Bonchev–Trinajstić information content (AvgIpc) is 2.53. The molecule has 0 atom stereocenters. The van der Waals surface area contributed by atoms with E-state index in [1.54, 1.807) is 32.4 Å². The van der Waals surface area contributed by atoms with Crippen molar-refractivity contribution in [1.82, 2.24) is 0 Å². The van der Waals surface area contributed by atoms with Crippen molar-refractivity contribution < 1.29 is 14.4 Å². The Kier molecular flexibility index (Phi) is 4.83. The third-order valence-electron chi connectivity index (χ3n) is 3.32. The van der Waals surface area contributed by atoms with Crippen LogP contribution in [0.4, 0.5) is 11.4 Å². The number of nitro groups is 1. The molecule has 2 rings (SSSR count). The van der Waals surface area contributed by atoms with Crippen LogP contribution in [0.3, 0.4) is 0 Å². The van der Waals surface area contributed by atoms with E-state index in [0.717, 1.165) is 28.3 Å². The molecule has 0 saturated carbocycles. The van der Waals surface area contributed by atoms with Crippen molar-refractivity contribution in [2.24, 2.45) is 0 Å². The first-order valence-electron chi connectivity index (χ1n) is 6.74. The van der Waals surface area contributed by atoms with Gasteiger partial charge in [0.2, 0.25) is 0 Å². The number of nitro benzene ring substituents is 1. The number of rotatable bonds is 6. The Bertz CT molecular complexity index is 664. The molecule has 0 aliphatic heterocycles. The van der Waals surface area contributed by atoms with E-state index in [9.17, 15) is 10.1 Å². The van der Waals surface area contributed by atoms with Crippen LogP contribution in [0, 0.1) is 17.0 Å². The lowest BCUT2D eigenvalue weighted by atomic mass is 10.1. The molecule has 0 aliphatic carbocycles. The highest BCUT2D eigenvalue weighted by molar-refractivity contribution is 5.55. The Labute approximate surface area is 128 Å². The predicted octanol–water partition coefficient (Wildman–Crippen LogP) is 3.53. The molecular formula is C16H18N2O4. The zero-order valence-electron chi connectivity index (χ0n) is 12.8. The number of benzene rings is 2. The third-order valence-corrected chi connectivity index (χ3v) is 3.32. The van der Waals surface area contributed by atoms with Crippen molar-refractivity contribution in [3.63, 3.8) is 0 Å². The minimum Gasteiger partial charge on any atom is -0.497 e. The zero-order valence-corrected chi connectivity index (χ0v) is 12.8. The topological polar surface area (TPSA) is 73.6 Å². The second-order valence-corrected chi connectivity index (χ2v) is 4.83. The van der Waals surface area contributed by atoms with Gasteiger partial charge in [-0.1, -0.05) is 0 Å². The zero-order chi connectivity index (χ0) is 16.1. The molecule has 0 aromatic heterocycles. The number of aryl methyl sites for hydroxylation is 1. The Morgan fingerprint density at radius 1 is 1.09 bits per heavy atom. The number of methoxy groups -OCH3 is 2. The summed E-state index contributed by atoms with van der Waals surface area (Å²) in [5, 5.41) is 14.0. The molecule has 0 fully saturated rings. The summed E-state index contributed by atoms with van der Waals surface area (Å²) in [5.74, 6) is 1.44. The molecule has 0 aliphatic rings. The number of nitrogens with zero attached hydrogens (tertiary/aromatic N) is 1. The van der Waals surface area contributed by atoms with Gasteiger partial charge in [0.1, 0.15) is 11.5 Å². The summed E-state index contributed by atoms with van der Waals surface area (Å²) in [7, 11) is 3.21. The Morgan fingerprint density at radius 3 is 2.23 bits per heavy atom. The number of anilines is 1. The number of hydrogen-bond acceptors (Lipinski definition) is 5. The molecule has 0 heterocycles. The van der Waals surface area contributed by atoms with Crippen LogP contribution >= 0.6 is 0 Å². The molecule has 0 saturated heterocycles. The summed E-state index contributed by atoms with van der Waals surface area (Å²) >= 11 is 0. The molecule has 6 heteroatoms. The lowest BCUT2D eigenvalue weighted by Gasteiger charge is -2.12. The lowest BCUT2D eigenvalue weighted by molar-refractivity contribution is -0.384. The van der Waals surface area contributed by atoms with Crippen LogP contribution < -0.4 is 14.8 Å². The normalized spacial score (nSPS) is 10.1. The highest BCUT2D eigenvalue weighted by atomic mass is 16.6. The van der Waals surface area contributed by atoms with Crippen molar-refractivity contribution >= 4 is 11.4 Å². The molecule has 0 amide bonds. The minimum absolute atomic E-state index is 0.0890. The first kappa shape index (κ1) is 15.6. The fourth-order valence-electron chi connectivity index (χ4n) is 2.13. The van der Waals surface area contributed by atoms with Crippen LogP contribution in [0.2, 0.25) is 0 Å². The second-order valence-electron chi connectivity index (χ2n) is 4.83. The van der Waals surface area contributed by atoms with Gasteiger partial charge in [-0.25, -0.2) is 0 Å². The minimum atomic E-state index is -0.399. The second kappa shape index (κ2) is 6.80. The van der Waals surface area contributed by atoms with Crippen LogP contribution in [-0.2, 0) is 6.54 Å². The Hall–Kier alpha value is -2.76. The molecule has 2 aromatic rings. The van der Waals surface area contributed by atoms with E-state index in [0.29, 0.717) is 6.54 Å². The van der Waals surface area contributed by atoms with Gasteiger partial charge >= 0.3 is 0 Å². The van der Waals surface area contributed by atoms with Crippen LogP contribution in [0.1, 0.15) is 11.1 Å². The Morgan fingerprint density at radius 2 is 1.73 bits per heavy atom. The molecular weight excluding hydrogens is 284 g/mol. The summed E-state index contributed by atoms with van der Waals surface area (Å²) < 4.78 is 10.5. The van der Waals surface area contributed by atoms with Crippen LogP contribution in [-0.4, -0.2) is 19.1 Å². The van der Waals surface area contributed by atoms with Crippen LogP contribution in [0.25, 0.3) is 0 Å². The van der Waals surface area contributed by atoms with E-state index in [1.165, 1.54) is 6.07 Å². The fraction of sp³-hybridized carbons (Fsp3) is 0.250. The molecule has 0 bridgehead atoms. The van der Waals surface area contributed by atoms with E-state index in [-0.39, 0.29) is 5.69 Å². The highest BCUT2D eigenvalue weighted by Gasteiger charge is 2.08. The third kappa shape index (κ3) is 3.66. The van der Waals surface area contributed by atoms with E-state index in [2.05, 4.69) is 5.32 Å². The van der Waals surface area contributed by atoms with Gasteiger partial charge in [0.05, 0.1) is 19.1 Å². The van der Waals surface area contributed by atoms with Gasteiger partial charge < -0.3 is 14.8 Å². The monoisotopic (exact) mass is 302 g/mol. The quantitative estimate of drug-likeness (QED) is 0.652. The largest absolute Gasteiger partial charge is 0.497 e. The highest BCUT2D eigenvalue weighted by Crippen LogP contribution is 2.25. The standard InChI is InChI=1S/C16H18N2O4/c1-11-6-13(18(19)20)4-5-16(11)17-10-12-7-14(21-2)9-15(8-12)22-3/h4-9,17H,10H2,1-3H3. The van der Waals surface area contributed by atoms with Crippen molar-refractivity contribution in [3.8, 4) is 11.5 Å². The SMILES string of the molecule is COc1cc(CNc2ccc([N+](=O)[O-])cc2C)cc(OC)c1. The molecule has 6 nitrogen and oxygen atoms in total. The first-order chi connectivity index (χ1) is 10.5. The summed E-state index contributed by atoms with van der Waals surface area (Å²) in [6.45, 7) is 2.40. The lowest BCUT2D eigenvalue weighted by Crippen LogP contribution is -2.02. The summed E-state index contributed by atoms with van der Waals surface area (Å²) in [4.78, 5) is 10.3. The van der Waals surface area contributed by atoms with E-state index < -0.39 is 4.92 Å². The molecule has 0 radical (unpaired) electrons. The first-order valence-corrected chi connectivity index (χ1v) is 6.74. The maximum absolute atomic E-state index is 10.7. The molecule has 22 heavy (non-hydrogen) atoms. The van der Waals surface area contributed by atoms with Gasteiger partial charge in [0, 0.05) is 30.4 Å². The van der Waals surface area contributed by atoms with Crippen molar-refractivity contribution in [3.05, 3.63) is 57.6 Å². The van der Waals surface area contributed by atoms with Gasteiger partial charge in [-0.15, -0.1) is 0 Å². The summed E-state index contributed by atoms with van der Waals surface area (Å²) in [5.41, 5.74) is 2.76. The molecule has 0 spiro atoms. The van der Waals surface area contributed by atoms with Gasteiger partial charge in [-0.2, -0.15) is 0 Å². The number of ether oxygens (including phenoxy) is 2. The van der Waals surface area contributed by atoms with Gasteiger partial charge in [-0.05, 0) is 36.2 Å². The average molecular weight is 302 g/mol. The van der Waals surface area contributed by atoms with E-state index >= 15 is 0 Å². The van der Waals surface area contributed by atoms with Gasteiger partial charge in [0.15, 0.2) is 0 Å². The molecule has 2 aromatic carbocycles. The molecule has 0 unspecified atom stereocenters. The Balaban J connectivity index is 2.14. The van der Waals surface area contributed by atoms with E-state index in [1.807, 2.05) is 19.1 Å². The number of hydrogen-bond donors (Lipinski definition) is 1. The van der Waals surface area contributed by atoms with Gasteiger partial charge in [-0.3, -0.25) is 10.1 Å². The van der Waals surface area contributed by atoms with E-state index in [4.69, 9.17) is 9.47 Å². The van der Waals surface area contributed by atoms with Crippen molar-refractivity contribution in [2.75, 3.05) is 19.5 Å². The van der Waals surface area contributed by atoms with Crippen molar-refractivity contribution in [1.29, 1.82) is 0 Å². The van der Waals surface area contributed by atoms with Crippen molar-refractivity contribution in [2.45, 2.75) is 13.5 Å². The molecule has 116 valence electrons. The number of non-ortho nitro benzene ring substituents is 1. The van der Waals surface area contributed by atoms with Crippen LogP contribution in [0.5, 0.6) is 11.5 Å². The molecule has 1 N–H and O–H groups in total. The summed E-state index contributed by atoms with van der Waals surface area (Å²) in [6, 6.07) is 10.4.